The van der Waals surface area contributed by atoms with Crippen molar-refractivity contribution in [2.45, 2.75) is 26.3 Å². The van der Waals surface area contributed by atoms with E-state index in [1.54, 1.807) is 30.3 Å². The van der Waals surface area contributed by atoms with E-state index >= 15 is 0 Å². The number of hydrogen-bond acceptors (Lipinski definition) is 4. The summed E-state index contributed by atoms with van der Waals surface area (Å²) in [6.07, 6.45) is 3.61. The standard InChI is InChI=1S/C21H20Cl2N2O3/c1-13-4-2-8-24(11-13)19-18(16-7-6-14(22)10-17(16)23)20(26)25(21(19)27)12-15-5-3-9-28-15/h3,5-7,9-10,13H,2,4,8,11-12H2,1H3. The lowest BCUT2D eigenvalue weighted by Gasteiger charge is -2.33. The molecular weight excluding hydrogens is 399 g/mol. The fourth-order valence-corrected chi connectivity index (χ4v) is 4.39. The van der Waals surface area contributed by atoms with Crippen molar-refractivity contribution in [2.75, 3.05) is 13.1 Å². The number of imide groups is 1. The predicted octanol–water partition coefficient (Wildman–Crippen LogP) is 4.60. The van der Waals surface area contributed by atoms with Gasteiger partial charge in [0.05, 0.1) is 23.4 Å². The largest absolute Gasteiger partial charge is 0.467 e. The smallest absolute Gasteiger partial charge is 0.278 e. The van der Waals surface area contributed by atoms with Crippen LogP contribution in [-0.4, -0.2) is 34.7 Å². The molecule has 2 aliphatic rings. The molecule has 0 radical (unpaired) electrons. The van der Waals surface area contributed by atoms with E-state index in [4.69, 9.17) is 27.6 Å². The summed E-state index contributed by atoms with van der Waals surface area (Å²) in [7, 11) is 0. The van der Waals surface area contributed by atoms with Crippen LogP contribution in [0.3, 0.4) is 0 Å². The average Bonchev–Trinajstić information content (AvgIpc) is 3.24. The van der Waals surface area contributed by atoms with Gasteiger partial charge in [0.1, 0.15) is 11.5 Å². The summed E-state index contributed by atoms with van der Waals surface area (Å²) in [5.41, 5.74) is 1.29. The molecule has 146 valence electrons. The lowest BCUT2D eigenvalue weighted by molar-refractivity contribution is -0.138. The van der Waals surface area contributed by atoms with Gasteiger partial charge >= 0.3 is 0 Å². The SMILES string of the molecule is CC1CCCN(C2=C(c3ccc(Cl)cc3Cl)C(=O)N(Cc3ccco3)C2=O)C1. The van der Waals surface area contributed by atoms with Gasteiger partial charge in [-0.2, -0.15) is 0 Å². The van der Waals surface area contributed by atoms with Crippen LogP contribution in [0, 0.1) is 5.92 Å². The van der Waals surface area contributed by atoms with E-state index in [-0.39, 0.29) is 18.4 Å². The van der Waals surface area contributed by atoms with Gasteiger partial charge in [0.2, 0.25) is 0 Å². The summed E-state index contributed by atoms with van der Waals surface area (Å²) < 4.78 is 5.35. The molecule has 7 heteroatoms. The van der Waals surface area contributed by atoms with Crippen molar-refractivity contribution >= 4 is 40.6 Å². The van der Waals surface area contributed by atoms with Gasteiger partial charge in [0.25, 0.3) is 11.8 Å². The minimum absolute atomic E-state index is 0.0896. The molecule has 1 atom stereocenters. The third kappa shape index (κ3) is 3.45. The fourth-order valence-electron chi connectivity index (χ4n) is 3.89. The van der Waals surface area contributed by atoms with E-state index in [9.17, 15) is 9.59 Å². The van der Waals surface area contributed by atoms with Crippen LogP contribution in [0.4, 0.5) is 0 Å². The van der Waals surface area contributed by atoms with Crippen molar-refractivity contribution in [3.63, 3.8) is 0 Å². The fraction of sp³-hybridized carbons (Fsp3) is 0.333. The molecule has 0 spiro atoms. The van der Waals surface area contributed by atoms with E-state index in [0.29, 0.717) is 38.6 Å². The molecular formula is C21H20Cl2N2O3. The minimum Gasteiger partial charge on any atom is -0.467 e. The number of hydrogen-bond donors (Lipinski definition) is 0. The molecule has 1 fully saturated rings. The summed E-state index contributed by atoms with van der Waals surface area (Å²) in [5, 5.41) is 0.831. The van der Waals surface area contributed by atoms with Gasteiger partial charge in [-0.3, -0.25) is 14.5 Å². The summed E-state index contributed by atoms with van der Waals surface area (Å²) in [4.78, 5) is 29.9. The molecule has 1 aromatic heterocycles. The molecule has 0 saturated carbocycles. The average molecular weight is 419 g/mol. The molecule has 1 unspecified atom stereocenters. The Morgan fingerprint density at radius 1 is 1.18 bits per heavy atom. The first-order valence-corrected chi connectivity index (χ1v) is 10.0. The van der Waals surface area contributed by atoms with E-state index < -0.39 is 0 Å². The first kappa shape index (κ1) is 19.1. The van der Waals surface area contributed by atoms with Crippen LogP contribution in [0.15, 0.2) is 46.7 Å². The molecule has 3 heterocycles. The molecule has 2 aromatic rings. The highest BCUT2D eigenvalue weighted by atomic mass is 35.5. The zero-order valence-electron chi connectivity index (χ0n) is 15.5. The molecule has 0 N–H and O–H groups in total. The lowest BCUT2D eigenvalue weighted by Crippen LogP contribution is -2.39. The van der Waals surface area contributed by atoms with E-state index in [0.717, 1.165) is 25.9 Å². The van der Waals surface area contributed by atoms with E-state index in [2.05, 4.69) is 6.92 Å². The number of benzene rings is 1. The molecule has 0 bridgehead atoms. The summed E-state index contributed by atoms with van der Waals surface area (Å²) >= 11 is 12.4. The van der Waals surface area contributed by atoms with Crippen molar-refractivity contribution in [1.82, 2.24) is 9.80 Å². The van der Waals surface area contributed by atoms with Gasteiger partial charge < -0.3 is 9.32 Å². The van der Waals surface area contributed by atoms with Crippen LogP contribution < -0.4 is 0 Å². The minimum atomic E-state index is -0.362. The maximum absolute atomic E-state index is 13.3. The van der Waals surface area contributed by atoms with Crippen LogP contribution in [-0.2, 0) is 16.1 Å². The molecule has 2 amide bonds. The Bertz CT molecular complexity index is 953. The summed E-state index contributed by atoms with van der Waals surface area (Å²) in [6, 6.07) is 8.46. The molecule has 2 aliphatic heterocycles. The second kappa shape index (κ2) is 7.64. The maximum Gasteiger partial charge on any atom is 0.278 e. The van der Waals surface area contributed by atoms with Gasteiger partial charge in [-0.25, -0.2) is 0 Å². The molecule has 1 aromatic carbocycles. The summed E-state index contributed by atoms with van der Waals surface area (Å²) in [6.45, 7) is 3.72. The van der Waals surface area contributed by atoms with Crippen molar-refractivity contribution in [3.8, 4) is 0 Å². The van der Waals surface area contributed by atoms with Gasteiger partial charge in [-0.05, 0) is 43.0 Å². The molecule has 0 aliphatic carbocycles. The molecule has 5 nitrogen and oxygen atoms in total. The Labute approximate surface area is 173 Å². The zero-order valence-corrected chi connectivity index (χ0v) is 17.0. The van der Waals surface area contributed by atoms with Crippen LogP contribution >= 0.6 is 23.2 Å². The number of carbonyl (C=O) groups is 2. The lowest BCUT2D eigenvalue weighted by atomic mass is 9.97. The Kier molecular flexibility index (Phi) is 5.21. The van der Waals surface area contributed by atoms with Crippen molar-refractivity contribution in [3.05, 3.63) is 63.7 Å². The van der Waals surface area contributed by atoms with E-state index in [1.165, 1.54) is 11.2 Å². The van der Waals surface area contributed by atoms with Crippen LogP contribution in [0.25, 0.3) is 5.57 Å². The van der Waals surface area contributed by atoms with Gasteiger partial charge in [0, 0.05) is 23.7 Å². The third-order valence-corrected chi connectivity index (χ3v) is 5.76. The van der Waals surface area contributed by atoms with Gasteiger partial charge in [-0.1, -0.05) is 36.2 Å². The van der Waals surface area contributed by atoms with Crippen LogP contribution in [0.2, 0.25) is 10.0 Å². The highest BCUT2D eigenvalue weighted by Crippen LogP contribution is 2.38. The van der Waals surface area contributed by atoms with Crippen LogP contribution in [0.5, 0.6) is 0 Å². The van der Waals surface area contributed by atoms with Gasteiger partial charge in [0.15, 0.2) is 0 Å². The highest BCUT2D eigenvalue weighted by Gasteiger charge is 2.43. The second-order valence-electron chi connectivity index (χ2n) is 7.32. The summed E-state index contributed by atoms with van der Waals surface area (Å²) in [5.74, 6) is 0.331. The Morgan fingerprint density at radius 2 is 2.00 bits per heavy atom. The van der Waals surface area contributed by atoms with Crippen LogP contribution in [0.1, 0.15) is 31.1 Å². The van der Waals surface area contributed by atoms with Crippen molar-refractivity contribution in [2.24, 2.45) is 5.92 Å². The topological polar surface area (TPSA) is 53.8 Å². The normalized spacial score (nSPS) is 20.5. The number of likely N-dealkylation sites (tertiary alicyclic amines) is 1. The Morgan fingerprint density at radius 3 is 2.68 bits per heavy atom. The number of piperidine rings is 1. The molecule has 28 heavy (non-hydrogen) atoms. The zero-order chi connectivity index (χ0) is 19.8. The Hall–Kier alpha value is -2.24. The quantitative estimate of drug-likeness (QED) is 0.680. The Balaban J connectivity index is 1.79. The first-order valence-electron chi connectivity index (χ1n) is 9.29. The number of amides is 2. The van der Waals surface area contributed by atoms with Crippen molar-refractivity contribution in [1.29, 1.82) is 0 Å². The number of nitrogens with zero attached hydrogens (tertiary/aromatic N) is 2. The second-order valence-corrected chi connectivity index (χ2v) is 8.16. The maximum atomic E-state index is 13.3. The highest BCUT2D eigenvalue weighted by molar-refractivity contribution is 6.41. The van der Waals surface area contributed by atoms with Crippen molar-refractivity contribution < 1.29 is 14.0 Å². The third-order valence-electron chi connectivity index (χ3n) is 5.21. The number of halogens is 2. The number of carbonyl (C=O) groups excluding carboxylic acids is 2. The number of furan rings is 1. The molecule has 1 saturated heterocycles. The monoisotopic (exact) mass is 418 g/mol. The first-order chi connectivity index (χ1) is 13.5. The van der Waals surface area contributed by atoms with Gasteiger partial charge in [-0.15, -0.1) is 0 Å². The predicted molar refractivity (Wildman–Crippen MR) is 108 cm³/mol. The molecule has 4 rings (SSSR count). The van der Waals surface area contributed by atoms with E-state index in [1.807, 2.05) is 4.90 Å². The number of rotatable bonds is 4.